The number of rotatable bonds is 3. The predicted molar refractivity (Wildman–Crippen MR) is 72.1 cm³/mol. The number of aliphatic hydroxyl groups is 1. The lowest BCUT2D eigenvalue weighted by molar-refractivity contribution is -0.114. The summed E-state index contributed by atoms with van der Waals surface area (Å²) in [5, 5.41) is 17.1. The quantitative estimate of drug-likeness (QED) is 0.775. The van der Waals surface area contributed by atoms with Crippen molar-refractivity contribution >= 4 is 28.3 Å². The maximum Gasteiger partial charge on any atom is 0.271 e. The minimum atomic E-state index is -0.480. The summed E-state index contributed by atoms with van der Waals surface area (Å²) in [7, 11) is 0. The lowest BCUT2D eigenvalue weighted by Gasteiger charge is -2.27. The highest BCUT2D eigenvalue weighted by Gasteiger charge is 2.25. The van der Waals surface area contributed by atoms with Crippen LogP contribution in [0.5, 0.6) is 0 Å². The van der Waals surface area contributed by atoms with Gasteiger partial charge < -0.3 is 15.7 Å². The molecule has 0 unspecified atom stereocenters. The minimum absolute atomic E-state index is 0.202. The average molecular weight is 283 g/mol. The van der Waals surface area contributed by atoms with Crippen molar-refractivity contribution in [1.82, 2.24) is 10.3 Å². The number of thiazole rings is 1. The predicted octanol–water partition coefficient (Wildman–Crippen LogP) is 1.13. The van der Waals surface area contributed by atoms with Crippen LogP contribution in [0.4, 0.5) is 5.13 Å². The highest BCUT2D eigenvalue weighted by molar-refractivity contribution is 7.14. The van der Waals surface area contributed by atoms with Gasteiger partial charge in [0, 0.05) is 12.3 Å². The minimum Gasteiger partial charge on any atom is -0.391 e. The third-order valence-electron chi connectivity index (χ3n) is 3.07. The maximum atomic E-state index is 12.0. The zero-order valence-electron chi connectivity index (χ0n) is 10.7. The molecule has 3 N–H and O–H groups in total. The summed E-state index contributed by atoms with van der Waals surface area (Å²) in [6.07, 6.45) is 3.04. The first-order valence-corrected chi connectivity index (χ1v) is 7.16. The van der Waals surface area contributed by atoms with E-state index in [9.17, 15) is 14.7 Å². The van der Waals surface area contributed by atoms with Crippen molar-refractivity contribution in [3.8, 4) is 0 Å². The largest absolute Gasteiger partial charge is 0.391 e. The van der Waals surface area contributed by atoms with E-state index in [4.69, 9.17) is 0 Å². The second kappa shape index (κ2) is 6.12. The van der Waals surface area contributed by atoms with E-state index in [0.29, 0.717) is 5.13 Å². The van der Waals surface area contributed by atoms with Crippen LogP contribution in [0.25, 0.3) is 0 Å². The van der Waals surface area contributed by atoms with Crippen LogP contribution in [0.15, 0.2) is 5.38 Å². The number of aromatic nitrogens is 1. The zero-order chi connectivity index (χ0) is 13.8. The normalized spacial score (nSPS) is 22.8. The number of nitrogens with one attached hydrogen (secondary N) is 2. The highest BCUT2D eigenvalue weighted by Crippen LogP contribution is 2.20. The molecule has 0 aliphatic heterocycles. The van der Waals surface area contributed by atoms with Crippen molar-refractivity contribution in [3.05, 3.63) is 11.1 Å². The molecule has 2 atom stereocenters. The van der Waals surface area contributed by atoms with Crippen LogP contribution in [0.1, 0.15) is 43.1 Å². The third-order valence-corrected chi connectivity index (χ3v) is 3.82. The van der Waals surface area contributed by atoms with Gasteiger partial charge in [-0.2, -0.15) is 0 Å². The Bertz CT molecular complexity index is 475. The Morgan fingerprint density at radius 2 is 2.16 bits per heavy atom. The van der Waals surface area contributed by atoms with Crippen molar-refractivity contribution in [3.63, 3.8) is 0 Å². The maximum absolute atomic E-state index is 12.0. The second-order valence-corrected chi connectivity index (χ2v) is 5.51. The Morgan fingerprint density at radius 1 is 1.42 bits per heavy atom. The lowest BCUT2D eigenvalue weighted by Crippen LogP contribution is -2.45. The Kier molecular flexibility index (Phi) is 4.49. The van der Waals surface area contributed by atoms with Gasteiger partial charge in [0.05, 0.1) is 12.1 Å². The molecule has 1 aromatic rings. The van der Waals surface area contributed by atoms with Crippen molar-refractivity contribution in [1.29, 1.82) is 0 Å². The number of nitrogens with zero attached hydrogens (tertiary/aromatic N) is 1. The number of hydrogen-bond donors (Lipinski definition) is 3. The van der Waals surface area contributed by atoms with Crippen molar-refractivity contribution in [2.75, 3.05) is 5.32 Å². The van der Waals surface area contributed by atoms with Crippen LogP contribution in [0.3, 0.4) is 0 Å². The molecule has 104 valence electrons. The molecule has 2 amide bonds. The van der Waals surface area contributed by atoms with Crippen LogP contribution in [-0.4, -0.2) is 34.1 Å². The summed E-state index contributed by atoms with van der Waals surface area (Å²) in [5.74, 6) is -0.525. The zero-order valence-corrected chi connectivity index (χ0v) is 11.5. The number of anilines is 1. The van der Waals surface area contributed by atoms with E-state index in [1.54, 1.807) is 5.38 Å². The smallest absolute Gasteiger partial charge is 0.271 e. The Hall–Kier alpha value is -1.47. The lowest BCUT2D eigenvalue weighted by atomic mass is 9.92. The molecule has 0 bridgehead atoms. The first-order valence-electron chi connectivity index (χ1n) is 6.28. The van der Waals surface area contributed by atoms with E-state index in [2.05, 4.69) is 15.6 Å². The molecule has 1 saturated carbocycles. The Labute approximate surface area is 115 Å². The van der Waals surface area contributed by atoms with Gasteiger partial charge in [0.1, 0.15) is 5.69 Å². The van der Waals surface area contributed by atoms with Crippen LogP contribution < -0.4 is 10.6 Å². The van der Waals surface area contributed by atoms with Gasteiger partial charge in [-0.25, -0.2) is 4.98 Å². The van der Waals surface area contributed by atoms with Gasteiger partial charge in [-0.3, -0.25) is 9.59 Å². The van der Waals surface area contributed by atoms with Gasteiger partial charge in [0.2, 0.25) is 5.91 Å². The van der Waals surface area contributed by atoms with E-state index < -0.39 is 6.10 Å². The van der Waals surface area contributed by atoms with Gasteiger partial charge in [0.25, 0.3) is 5.91 Å². The molecule has 1 aliphatic carbocycles. The average Bonchev–Trinajstić information content (AvgIpc) is 2.79. The summed E-state index contributed by atoms with van der Waals surface area (Å²) in [6.45, 7) is 1.39. The van der Waals surface area contributed by atoms with Crippen LogP contribution in [-0.2, 0) is 4.79 Å². The van der Waals surface area contributed by atoms with Gasteiger partial charge in [-0.05, 0) is 12.8 Å². The van der Waals surface area contributed by atoms with Crippen LogP contribution in [0, 0.1) is 0 Å². The van der Waals surface area contributed by atoms with Crippen molar-refractivity contribution in [2.45, 2.75) is 44.8 Å². The number of hydrogen-bond acceptors (Lipinski definition) is 5. The summed E-state index contributed by atoms with van der Waals surface area (Å²) in [5.41, 5.74) is 0.270. The fraction of sp³-hybridized carbons (Fsp3) is 0.583. The number of carbonyl (C=O) groups excluding carboxylic acids is 2. The third kappa shape index (κ3) is 3.74. The number of carbonyl (C=O) groups is 2. The molecule has 1 heterocycles. The standard InChI is InChI=1S/C12H17N3O3S/c1-7(16)13-12-15-9(6-19-12)11(18)14-8-4-2-3-5-10(8)17/h6,8,10,17H,2-5H2,1H3,(H,14,18)(H,13,15,16)/t8-,10-/m1/s1. The molecular formula is C12H17N3O3S. The molecule has 1 aliphatic rings. The fourth-order valence-corrected chi connectivity index (χ4v) is 2.84. The number of aliphatic hydroxyl groups excluding tert-OH is 1. The molecule has 0 saturated heterocycles. The van der Waals surface area contributed by atoms with Gasteiger partial charge in [0.15, 0.2) is 5.13 Å². The van der Waals surface area contributed by atoms with Gasteiger partial charge >= 0.3 is 0 Å². The van der Waals surface area contributed by atoms with E-state index in [1.165, 1.54) is 18.3 Å². The SMILES string of the molecule is CC(=O)Nc1nc(C(=O)N[C@@H]2CCCC[C@H]2O)cs1. The fourth-order valence-electron chi connectivity index (χ4n) is 2.11. The Balaban J connectivity index is 1.95. The summed E-state index contributed by atoms with van der Waals surface area (Å²) >= 11 is 1.20. The first kappa shape index (κ1) is 14.0. The first-order chi connectivity index (χ1) is 9.06. The topological polar surface area (TPSA) is 91.3 Å². The number of amides is 2. The highest BCUT2D eigenvalue weighted by atomic mass is 32.1. The molecule has 0 aromatic carbocycles. The van der Waals surface area contributed by atoms with E-state index in [0.717, 1.165) is 25.7 Å². The van der Waals surface area contributed by atoms with Crippen molar-refractivity contribution < 1.29 is 14.7 Å². The molecule has 0 spiro atoms. The molecule has 7 heteroatoms. The summed E-state index contributed by atoms with van der Waals surface area (Å²) in [6, 6.07) is -0.202. The molecule has 2 rings (SSSR count). The molecule has 19 heavy (non-hydrogen) atoms. The molecular weight excluding hydrogens is 266 g/mol. The molecule has 1 fully saturated rings. The second-order valence-electron chi connectivity index (χ2n) is 4.65. The monoisotopic (exact) mass is 283 g/mol. The van der Waals surface area contributed by atoms with E-state index >= 15 is 0 Å². The Morgan fingerprint density at radius 3 is 2.84 bits per heavy atom. The van der Waals surface area contributed by atoms with Crippen molar-refractivity contribution in [2.24, 2.45) is 0 Å². The van der Waals surface area contributed by atoms with Crippen LogP contribution in [0.2, 0.25) is 0 Å². The van der Waals surface area contributed by atoms with Crippen LogP contribution >= 0.6 is 11.3 Å². The molecule has 0 radical (unpaired) electrons. The van der Waals surface area contributed by atoms with E-state index in [1.807, 2.05) is 0 Å². The summed E-state index contributed by atoms with van der Waals surface area (Å²) in [4.78, 5) is 26.9. The van der Waals surface area contributed by atoms with Gasteiger partial charge in [-0.1, -0.05) is 12.8 Å². The molecule has 1 aromatic heterocycles. The van der Waals surface area contributed by atoms with E-state index in [-0.39, 0.29) is 23.6 Å². The molecule has 6 nitrogen and oxygen atoms in total. The summed E-state index contributed by atoms with van der Waals surface area (Å²) < 4.78 is 0. The van der Waals surface area contributed by atoms with Gasteiger partial charge in [-0.15, -0.1) is 11.3 Å².